The number of nitrogens with one attached hydrogen (secondary N) is 4. The summed E-state index contributed by atoms with van der Waals surface area (Å²) in [7, 11) is 3.88. The number of benzene rings is 3. The van der Waals surface area contributed by atoms with E-state index < -0.39 is 11.2 Å². The molecule has 0 aliphatic carbocycles. The van der Waals surface area contributed by atoms with Crippen LogP contribution in [0.3, 0.4) is 0 Å². The molecule has 29 heteroatoms. The molecule has 3 fully saturated rings. The number of likely N-dealkylation sites (N-methyl/N-ethyl adjacent to an activating group) is 1. The van der Waals surface area contributed by atoms with Crippen molar-refractivity contribution in [2.45, 2.75) is 70.9 Å². The number of para-hydroxylation sites is 2. The van der Waals surface area contributed by atoms with Gasteiger partial charge in [0.2, 0.25) is 17.1 Å². The van der Waals surface area contributed by atoms with Crippen molar-refractivity contribution in [3.05, 3.63) is 159 Å². The molecule has 510 valence electrons. The smallest absolute Gasteiger partial charge is 0.335 e. The van der Waals surface area contributed by atoms with E-state index in [4.69, 9.17) is 65.7 Å². The van der Waals surface area contributed by atoms with Gasteiger partial charge < -0.3 is 60.2 Å². The van der Waals surface area contributed by atoms with E-state index in [1.807, 2.05) is 60.3 Å². The van der Waals surface area contributed by atoms with Crippen LogP contribution < -0.4 is 40.4 Å². The number of fused-ring (bicyclic) bond motifs is 3. The standard InChI is InChI=1S/C23H27ClN6O3.C17H18ClN5O2.C10H10O3.C9H12ClN3.C4H4BrClO.C3H8.ClH/c1-28(2)9-4-7-20(31)30-11-12-33-21-18(5-3-6-19(21)30)22(32)29-10-8-17(15-29)27-23-25-13-16(24)14-26-23;18-11-8-20-17(21-9-11)22-12-4-6-23(10-12)16(24)13-2-1-3-14-15(13)25-7-5-19-14;11-10(12)8-4-3-7-2-1-5-13-9(7)6-8;10-8-5-12-9(13-6-8)3-7-1-2-11-4-7;5-3-1-2-4(6)7;1-3-2;/h3-7,13-14,17H,8-12,15H2,1-2H3,(H,25,26,27);1-3,8-9,12,19H,4-7,10H2,(H,20,21,22);3-4,6H,1-2,5H2,(H,11,12);5-7,11H,1-4H2;1-2H,3H2;3H2,1-2H3;1H/b7-4+;;;;2-1+;;/t17-;12-;;7-;;;/m11.0.../s1. The second-order valence-electron chi connectivity index (χ2n) is 22.4. The fraction of sp³-hybridized carbons (Fsp3) is 0.409. The number of carboxylic acids is 1. The number of aromatic nitrogens is 6. The Kier molecular flexibility index (Phi) is 32.4. The fourth-order valence-electron chi connectivity index (χ4n) is 10.2. The van der Waals surface area contributed by atoms with Gasteiger partial charge in [-0.3, -0.25) is 19.2 Å². The second-order valence-corrected chi connectivity index (χ2v) is 24.7. The number of hydrogen-bond donors (Lipinski definition) is 5. The maximum atomic E-state index is 13.3. The average molecular weight is 1470 g/mol. The number of aromatic carboxylic acids is 1. The number of nitrogens with zero attached hydrogens (tertiary/aromatic N) is 10. The third kappa shape index (κ3) is 24.6. The van der Waals surface area contributed by atoms with Crippen LogP contribution in [0.15, 0.2) is 116 Å². The zero-order valence-electron chi connectivity index (χ0n) is 53.3. The minimum atomic E-state index is -0.906. The number of aryl methyl sites for hydroxylation is 1. The van der Waals surface area contributed by atoms with Crippen LogP contribution in [-0.4, -0.2) is 189 Å². The third-order valence-electron chi connectivity index (χ3n) is 14.6. The van der Waals surface area contributed by atoms with E-state index in [2.05, 4.69) is 80.9 Å². The fourth-order valence-corrected chi connectivity index (χ4v) is 10.8. The lowest BCUT2D eigenvalue weighted by Crippen LogP contribution is -2.38. The summed E-state index contributed by atoms with van der Waals surface area (Å²) in [4.78, 5) is 91.7. The summed E-state index contributed by atoms with van der Waals surface area (Å²) in [6, 6.07) is 16.2. The van der Waals surface area contributed by atoms with Gasteiger partial charge in [-0.2, -0.15) is 0 Å². The molecule has 3 amide bonds. The molecular weight excluding hydrogens is 1390 g/mol. The zero-order valence-corrected chi connectivity index (χ0v) is 58.8. The van der Waals surface area contributed by atoms with Crippen LogP contribution in [0.4, 0.5) is 23.3 Å². The van der Waals surface area contributed by atoms with Gasteiger partial charge in [-0.15, -0.1) is 12.4 Å². The average Bonchev–Trinajstić information content (AvgIpc) is 1.81. The monoisotopic (exact) mass is 1470 g/mol. The number of ether oxygens (including phenoxy) is 3. The Balaban J connectivity index is 0.000000202. The molecule has 3 atom stereocenters. The van der Waals surface area contributed by atoms with E-state index in [9.17, 15) is 24.0 Å². The maximum absolute atomic E-state index is 13.3. The van der Waals surface area contributed by atoms with Crippen LogP contribution in [0.25, 0.3) is 0 Å². The predicted molar refractivity (Wildman–Crippen MR) is 378 cm³/mol. The van der Waals surface area contributed by atoms with Crippen LogP contribution in [0.5, 0.6) is 17.2 Å². The van der Waals surface area contributed by atoms with Crippen LogP contribution in [0.2, 0.25) is 15.1 Å². The minimum Gasteiger partial charge on any atom is -0.493 e. The minimum absolute atomic E-state index is 0. The Morgan fingerprint density at radius 2 is 1.29 bits per heavy atom. The largest absolute Gasteiger partial charge is 0.493 e. The van der Waals surface area contributed by atoms with Gasteiger partial charge in [0.05, 0.1) is 81.1 Å². The van der Waals surface area contributed by atoms with Crippen molar-refractivity contribution in [2.24, 2.45) is 5.92 Å². The molecule has 95 heavy (non-hydrogen) atoms. The lowest BCUT2D eigenvalue weighted by Gasteiger charge is -2.30. The molecule has 0 bridgehead atoms. The molecule has 23 nitrogen and oxygen atoms in total. The first-order chi connectivity index (χ1) is 45.4. The van der Waals surface area contributed by atoms with Crippen LogP contribution in [0, 0.1) is 5.92 Å². The van der Waals surface area contributed by atoms with Crippen molar-refractivity contribution < 1.29 is 43.3 Å². The van der Waals surface area contributed by atoms with E-state index in [0.717, 1.165) is 74.6 Å². The molecule has 3 aromatic heterocycles. The summed E-state index contributed by atoms with van der Waals surface area (Å²) >= 11 is 25.3. The first-order valence-corrected chi connectivity index (χ1v) is 33.6. The third-order valence-corrected chi connectivity index (χ3v) is 15.7. The SMILES string of the molecule is CCC.CN(C)C/C=C/C(=O)N1CCOc2c(C(=O)N3CC[C@@H](Nc4ncc(Cl)cn4)C3)cccc21.Cl.Clc1cnc(C[C@@H]2CCNC2)nc1.O=C(Cl)/C=C/CBr.O=C(O)c1ccc2c(c1)OCCC2.O=C(c1cccc2c1OCCN2)N1CC[C@@H](Nc2ncc(Cl)cn2)C1. The highest BCUT2D eigenvalue weighted by Gasteiger charge is 2.33. The van der Waals surface area contributed by atoms with Crippen LogP contribution >= 0.6 is 74.7 Å². The van der Waals surface area contributed by atoms with E-state index in [1.165, 1.54) is 31.3 Å². The second kappa shape index (κ2) is 40.2. The summed E-state index contributed by atoms with van der Waals surface area (Å²) in [5, 5.41) is 23.6. The number of likely N-dealkylation sites (tertiary alicyclic amines) is 2. The Hall–Kier alpha value is -7.42. The Morgan fingerprint density at radius 3 is 1.84 bits per heavy atom. The predicted octanol–water partition coefficient (Wildman–Crippen LogP) is 11.1. The van der Waals surface area contributed by atoms with Crippen molar-refractivity contribution in [2.75, 3.05) is 119 Å². The number of allylic oxidation sites excluding steroid dienone is 2. The first kappa shape index (κ1) is 76.6. The molecule has 0 radical (unpaired) electrons. The van der Waals surface area contributed by atoms with Gasteiger partial charge >= 0.3 is 5.97 Å². The molecule has 6 aliphatic heterocycles. The number of carbonyl (C=O) groups excluding carboxylic acids is 4. The Morgan fingerprint density at radius 1 is 0.716 bits per heavy atom. The van der Waals surface area contributed by atoms with Crippen molar-refractivity contribution >= 4 is 127 Å². The summed E-state index contributed by atoms with van der Waals surface area (Å²) in [5.74, 6) is 3.27. The molecule has 6 aromatic rings. The van der Waals surface area contributed by atoms with Gasteiger partial charge in [0.25, 0.3) is 17.7 Å². The van der Waals surface area contributed by atoms with Gasteiger partial charge in [0.15, 0.2) is 11.5 Å². The molecule has 9 heterocycles. The molecule has 3 saturated heterocycles. The molecule has 0 spiro atoms. The normalized spacial score (nSPS) is 17.1. The zero-order chi connectivity index (χ0) is 67.4. The highest BCUT2D eigenvalue weighted by Crippen LogP contribution is 2.37. The summed E-state index contributed by atoms with van der Waals surface area (Å²) < 4.78 is 16.9. The van der Waals surface area contributed by atoms with Gasteiger partial charge in [-0.25, -0.2) is 34.7 Å². The van der Waals surface area contributed by atoms with Crippen molar-refractivity contribution in [3.63, 3.8) is 0 Å². The van der Waals surface area contributed by atoms with Gasteiger partial charge in [-0.05, 0) is 125 Å². The summed E-state index contributed by atoms with van der Waals surface area (Å²) in [6.45, 7) is 12.3. The number of halogens is 6. The van der Waals surface area contributed by atoms with Gasteiger partial charge in [0.1, 0.15) is 24.8 Å². The number of carbonyl (C=O) groups is 5. The summed E-state index contributed by atoms with van der Waals surface area (Å²) in [6.07, 6.45) is 22.9. The molecular formula is C66H80BrCl5N14O9. The topological polar surface area (TPSA) is 272 Å². The van der Waals surface area contributed by atoms with Crippen LogP contribution in [-0.2, 0) is 22.4 Å². The number of carboxylic acid groups (broad SMARTS) is 1. The van der Waals surface area contributed by atoms with Crippen LogP contribution in [0.1, 0.15) is 88.4 Å². The molecule has 3 aromatic carbocycles. The molecule has 6 aliphatic rings. The van der Waals surface area contributed by atoms with E-state index in [1.54, 1.807) is 71.0 Å². The molecule has 0 unspecified atom stereocenters. The quantitative estimate of drug-likeness (QED) is 0.0385. The number of rotatable bonds is 14. The Bertz CT molecular complexity index is 3500. The van der Waals surface area contributed by atoms with E-state index in [0.29, 0.717) is 131 Å². The van der Waals surface area contributed by atoms with Gasteiger partial charge in [0, 0.05) is 81.6 Å². The molecule has 12 rings (SSSR count). The number of alkyl halides is 1. The lowest BCUT2D eigenvalue weighted by molar-refractivity contribution is -0.114. The van der Waals surface area contributed by atoms with E-state index in [-0.39, 0.29) is 42.2 Å². The summed E-state index contributed by atoms with van der Waals surface area (Å²) in [5.41, 5.74) is 3.96. The molecule has 5 N–H and O–H groups in total. The lowest BCUT2D eigenvalue weighted by atomic mass is 10.0. The van der Waals surface area contributed by atoms with E-state index >= 15 is 0 Å². The number of anilines is 4. The van der Waals surface area contributed by atoms with Gasteiger partial charge in [-0.1, -0.05) is 101 Å². The maximum Gasteiger partial charge on any atom is 0.335 e. The van der Waals surface area contributed by atoms with Crippen molar-refractivity contribution in [1.82, 2.24) is 49.9 Å². The van der Waals surface area contributed by atoms with Crippen molar-refractivity contribution in [1.29, 1.82) is 0 Å². The van der Waals surface area contributed by atoms with Crippen molar-refractivity contribution in [3.8, 4) is 17.2 Å². The highest BCUT2D eigenvalue weighted by atomic mass is 79.9. The Labute approximate surface area is 588 Å². The highest BCUT2D eigenvalue weighted by molar-refractivity contribution is 9.09. The number of amides is 3. The number of hydrogen-bond acceptors (Lipinski definition) is 19. The first-order valence-electron chi connectivity index (χ1n) is 31.0. The molecule has 0 saturated carbocycles.